The molecule has 0 aliphatic heterocycles. The fraction of sp³-hybridized carbons (Fsp3) is 0.545. The van der Waals surface area contributed by atoms with Crippen LogP contribution in [0.5, 0.6) is 0 Å². The molecule has 2 aromatic heterocycles. The zero-order chi connectivity index (χ0) is 10.3. The van der Waals surface area contributed by atoms with Crippen molar-refractivity contribution in [1.82, 2.24) is 4.37 Å². The number of hydrogen-bond acceptors (Lipinski definition) is 4. The lowest BCUT2D eigenvalue weighted by molar-refractivity contribution is 0.448. The maximum absolute atomic E-state index is 5.99. The van der Waals surface area contributed by atoms with E-state index in [0.29, 0.717) is 0 Å². The van der Waals surface area contributed by atoms with E-state index in [1.807, 2.05) is 11.3 Å². The van der Waals surface area contributed by atoms with Crippen LogP contribution in [0.25, 0.3) is 9.40 Å². The van der Waals surface area contributed by atoms with Crippen LogP contribution < -0.4 is 5.73 Å². The van der Waals surface area contributed by atoms with Gasteiger partial charge in [-0.2, -0.15) is 4.37 Å². The summed E-state index contributed by atoms with van der Waals surface area (Å²) in [6.07, 6.45) is 5.06. The maximum Gasteiger partial charge on any atom is 0.0794 e. The highest BCUT2D eigenvalue weighted by Gasteiger charge is 2.37. The summed E-state index contributed by atoms with van der Waals surface area (Å²) in [7, 11) is 0. The second kappa shape index (κ2) is 3.54. The Kier molecular flexibility index (Phi) is 2.30. The van der Waals surface area contributed by atoms with Crippen molar-refractivity contribution in [3.05, 3.63) is 17.1 Å². The van der Waals surface area contributed by atoms with E-state index in [0.717, 1.165) is 6.54 Å². The summed E-state index contributed by atoms with van der Waals surface area (Å²) < 4.78 is 7.36. The predicted octanol–water partition coefficient (Wildman–Crippen LogP) is 3.13. The molecule has 2 N–H and O–H groups in total. The van der Waals surface area contributed by atoms with Crippen molar-refractivity contribution < 1.29 is 0 Å². The maximum atomic E-state index is 5.99. The van der Waals surface area contributed by atoms with Crippen molar-refractivity contribution in [3.63, 3.8) is 0 Å². The largest absolute Gasteiger partial charge is 0.330 e. The summed E-state index contributed by atoms with van der Waals surface area (Å²) >= 11 is 3.44. The minimum Gasteiger partial charge on any atom is -0.330 e. The molecule has 3 rings (SSSR count). The van der Waals surface area contributed by atoms with Crippen LogP contribution >= 0.6 is 22.9 Å². The highest BCUT2D eigenvalue weighted by molar-refractivity contribution is 7.24. The summed E-state index contributed by atoms with van der Waals surface area (Å²) in [6.45, 7) is 0.754. The standard InChI is InChI=1S/C11H14N2S2/c12-7-11(4-1-2-5-11)10-9-8(15-13-10)3-6-14-9/h3,6H,1-2,4-5,7,12H2. The summed E-state index contributed by atoms with van der Waals surface area (Å²) in [5.74, 6) is 0. The first-order chi connectivity index (χ1) is 7.36. The number of nitrogens with two attached hydrogens (primary N) is 1. The Morgan fingerprint density at radius 3 is 2.93 bits per heavy atom. The minimum absolute atomic E-state index is 0.198. The zero-order valence-corrected chi connectivity index (χ0v) is 10.2. The lowest BCUT2D eigenvalue weighted by Gasteiger charge is -2.24. The number of aromatic nitrogens is 1. The van der Waals surface area contributed by atoms with E-state index < -0.39 is 0 Å². The molecule has 1 aliphatic rings. The smallest absolute Gasteiger partial charge is 0.0794 e. The van der Waals surface area contributed by atoms with Crippen LogP contribution in [0, 0.1) is 0 Å². The van der Waals surface area contributed by atoms with Gasteiger partial charge in [0.15, 0.2) is 0 Å². The van der Waals surface area contributed by atoms with E-state index in [4.69, 9.17) is 5.73 Å². The van der Waals surface area contributed by atoms with Gasteiger partial charge in [0.05, 0.1) is 15.1 Å². The highest BCUT2D eigenvalue weighted by atomic mass is 32.1. The second-order valence-electron chi connectivity index (χ2n) is 4.34. The molecule has 1 aliphatic carbocycles. The van der Waals surface area contributed by atoms with E-state index >= 15 is 0 Å². The third-order valence-electron chi connectivity index (χ3n) is 3.53. The normalized spacial score (nSPS) is 20.1. The van der Waals surface area contributed by atoms with Crippen molar-refractivity contribution in [2.24, 2.45) is 5.73 Å². The van der Waals surface area contributed by atoms with Gasteiger partial charge in [-0.1, -0.05) is 12.8 Å². The molecule has 15 heavy (non-hydrogen) atoms. The third-order valence-corrected chi connectivity index (χ3v) is 5.39. The molecule has 80 valence electrons. The van der Waals surface area contributed by atoms with Gasteiger partial charge in [-0.15, -0.1) is 11.3 Å². The van der Waals surface area contributed by atoms with Gasteiger partial charge >= 0.3 is 0 Å². The van der Waals surface area contributed by atoms with Crippen molar-refractivity contribution in [2.45, 2.75) is 31.1 Å². The molecule has 0 aromatic carbocycles. The van der Waals surface area contributed by atoms with Crippen LogP contribution in [0.1, 0.15) is 31.4 Å². The van der Waals surface area contributed by atoms with Crippen LogP contribution in [-0.2, 0) is 5.41 Å². The number of rotatable bonds is 2. The van der Waals surface area contributed by atoms with Crippen molar-refractivity contribution >= 4 is 32.3 Å². The lowest BCUT2D eigenvalue weighted by Crippen LogP contribution is -2.32. The molecule has 0 amide bonds. The lowest BCUT2D eigenvalue weighted by atomic mass is 9.83. The first kappa shape index (κ1) is 9.75. The van der Waals surface area contributed by atoms with E-state index in [9.17, 15) is 0 Å². The Hall–Kier alpha value is -0.450. The van der Waals surface area contributed by atoms with E-state index in [-0.39, 0.29) is 5.41 Å². The highest BCUT2D eigenvalue weighted by Crippen LogP contribution is 2.44. The van der Waals surface area contributed by atoms with Gasteiger partial charge in [0.2, 0.25) is 0 Å². The van der Waals surface area contributed by atoms with Crippen LogP contribution in [0.2, 0.25) is 0 Å². The topological polar surface area (TPSA) is 38.9 Å². The van der Waals surface area contributed by atoms with Crippen molar-refractivity contribution in [2.75, 3.05) is 6.54 Å². The molecule has 0 saturated heterocycles. The van der Waals surface area contributed by atoms with Crippen molar-refractivity contribution in [1.29, 1.82) is 0 Å². The molecule has 4 heteroatoms. The third kappa shape index (κ3) is 1.35. The first-order valence-electron chi connectivity index (χ1n) is 5.39. The molecular formula is C11H14N2S2. The average molecular weight is 238 g/mol. The summed E-state index contributed by atoms with van der Waals surface area (Å²) in [5.41, 5.74) is 7.48. The predicted molar refractivity (Wildman–Crippen MR) is 66.7 cm³/mol. The van der Waals surface area contributed by atoms with Gasteiger partial charge in [0.1, 0.15) is 0 Å². The Bertz CT molecular complexity index is 466. The molecule has 0 spiro atoms. The van der Waals surface area contributed by atoms with Gasteiger partial charge in [0.25, 0.3) is 0 Å². The van der Waals surface area contributed by atoms with Crippen LogP contribution in [-0.4, -0.2) is 10.9 Å². The zero-order valence-electron chi connectivity index (χ0n) is 8.53. The molecule has 0 atom stereocenters. The molecule has 0 unspecified atom stereocenters. The molecule has 2 aromatic rings. The van der Waals surface area contributed by atoms with E-state index in [2.05, 4.69) is 15.8 Å². The van der Waals surface area contributed by atoms with E-state index in [1.54, 1.807) is 11.5 Å². The van der Waals surface area contributed by atoms with Gasteiger partial charge < -0.3 is 5.73 Å². The summed E-state index contributed by atoms with van der Waals surface area (Å²) in [5, 5.41) is 2.16. The second-order valence-corrected chi connectivity index (χ2v) is 6.06. The molecule has 0 radical (unpaired) electrons. The molecule has 1 fully saturated rings. The molecule has 0 bridgehead atoms. The SMILES string of the molecule is NCC1(c2nsc3ccsc23)CCCC1. The minimum atomic E-state index is 0.198. The van der Waals surface area contributed by atoms with Gasteiger partial charge in [-0.25, -0.2) is 0 Å². The number of nitrogens with zero attached hydrogens (tertiary/aromatic N) is 1. The van der Waals surface area contributed by atoms with Crippen LogP contribution in [0.4, 0.5) is 0 Å². The Morgan fingerprint density at radius 1 is 1.40 bits per heavy atom. The Labute approximate surface area is 97.3 Å². The average Bonchev–Trinajstić information content (AvgIpc) is 2.93. The number of thiophene rings is 1. The van der Waals surface area contributed by atoms with E-state index in [1.165, 1.54) is 40.8 Å². The summed E-state index contributed by atoms with van der Waals surface area (Å²) in [4.78, 5) is 0. The Morgan fingerprint density at radius 2 is 2.20 bits per heavy atom. The van der Waals surface area contributed by atoms with Gasteiger partial charge in [-0.05, 0) is 35.8 Å². The number of fused-ring (bicyclic) bond motifs is 1. The molecule has 2 heterocycles. The van der Waals surface area contributed by atoms with Gasteiger partial charge in [-0.3, -0.25) is 0 Å². The van der Waals surface area contributed by atoms with Gasteiger partial charge in [0, 0.05) is 12.0 Å². The fourth-order valence-electron chi connectivity index (χ4n) is 2.61. The molecule has 1 saturated carbocycles. The fourth-order valence-corrected chi connectivity index (χ4v) is 4.69. The van der Waals surface area contributed by atoms with Crippen molar-refractivity contribution in [3.8, 4) is 0 Å². The Balaban J connectivity index is 2.15. The number of hydrogen-bond donors (Lipinski definition) is 1. The monoisotopic (exact) mass is 238 g/mol. The van der Waals surface area contributed by atoms with Crippen LogP contribution in [0.15, 0.2) is 11.4 Å². The summed E-state index contributed by atoms with van der Waals surface area (Å²) in [6, 6.07) is 2.17. The molecular weight excluding hydrogens is 224 g/mol. The first-order valence-corrected chi connectivity index (χ1v) is 7.04. The molecule has 2 nitrogen and oxygen atoms in total. The van der Waals surface area contributed by atoms with Crippen LogP contribution in [0.3, 0.4) is 0 Å². The quantitative estimate of drug-likeness (QED) is 0.873.